The van der Waals surface area contributed by atoms with Crippen LogP contribution in [0.25, 0.3) is 11.0 Å². The van der Waals surface area contributed by atoms with Gasteiger partial charge in [-0.05, 0) is 106 Å². The topological polar surface area (TPSA) is 166 Å². The van der Waals surface area contributed by atoms with Gasteiger partial charge in [-0.15, -0.1) is 0 Å². The monoisotopic (exact) mass is 800 g/mol. The molecule has 15 nitrogen and oxygen atoms in total. The summed E-state index contributed by atoms with van der Waals surface area (Å²) in [6, 6.07) is 9.48. The van der Waals surface area contributed by atoms with Crippen LogP contribution in [0.3, 0.4) is 0 Å². The predicted octanol–water partition coefficient (Wildman–Crippen LogP) is 4.75. The number of aromatic nitrogens is 4. The summed E-state index contributed by atoms with van der Waals surface area (Å²) in [5.41, 5.74) is 4.94. The van der Waals surface area contributed by atoms with Crippen LogP contribution in [0.4, 0.5) is 23.1 Å². The van der Waals surface area contributed by atoms with Crippen LogP contribution in [-0.2, 0) is 16.1 Å². The van der Waals surface area contributed by atoms with E-state index in [1.165, 1.54) is 13.3 Å². The fourth-order valence-corrected chi connectivity index (χ4v) is 9.90. The molecule has 1 atom stereocenters. The number of aryl methyl sites for hydroxylation is 1. The van der Waals surface area contributed by atoms with E-state index in [0.717, 1.165) is 107 Å². The first-order valence-corrected chi connectivity index (χ1v) is 21.3. The minimum atomic E-state index is -0.596. The summed E-state index contributed by atoms with van der Waals surface area (Å²) in [6.45, 7) is 10.6. The van der Waals surface area contributed by atoms with Gasteiger partial charge in [-0.2, -0.15) is 4.98 Å². The maximum absolute atomic E-state index is 13.6. The number of hydrogen-bond donors (Lipinski definition) is 2. The summed E-state index contributed by atoms with van der Waals surface area (Å²) in [6.07, 6.45) is 11.5. The number of hydrogen-bond acceptors (Lipinski definition) is 12. The SMILES string of the molecule is CC(=O)c1c(C)c2cnc(Nc3ccc(N4CCN(CCC5CCN(c6ccc7c(c6)CN(C6CCC(=O)NC6=O)C7=O)CC5)CC4)cn3)nc2n(C2CCCC2)c1=O. The Morgan fingerprint density at radius 1 is 0.864 bits per heavy atom. The van der Waals surface area contributed by atoms with Gasteiger partial charge in [0, 0.05) is 81.1 Å². The summed E-state index contributed by atoms with van der Waals surface area (Å²) in [7, 11) is 0. The molecule has 2 N–H and O–H groups in total. The van der Waals surface area contributed by atoms with Crippen LogP contribution in [0, 0.1) is 12.8 Å². The molecular weight excluding hydrogens is 749 g/mol. The highest BCUT2D eigenvalue weighted by Gasteiger charge is 2.39. The highest BCUT2D eigenvalue weighted by atomic mass is 16.2. The van der Waals surface area contributed by atoms with Gasteiger partial charge in [0.15, 0.2) is 5.78 Å². The highest BCUT2D eigenvalue weighted by molar-refractivity contribution is 6.05. The van der Waals surface area contributed by atoms with Crippen LogP contribution in [0.1, 0.15) is 103 Å². The molecule has 308 valence electrons. The smallest absolute Gasteiger partial charge is 0.263 e. The van der Waals surface area contributed by atoms with Crippen molar-refractivity contribution < 1.29 is 19.2 Å². The van der Waals surface area contributed by atoms with Crippen molar-refractivity contribution in [2.45, 2.75) is 90.3 Å². The maximum Gasteiger partial charge on any atom is 0.263 e. The van der Waals surface area contributed by atoms with Gasteiger partial charge in [0.1, 0.15) is 17.5 Å². The molecule has 9 rings (SSSR count). The zero-order chi connectivity index (χ0) is 40.8. The number of rotatable bonds is 10. The fraction of sp³-hybridized carbons (Fsp3) is 0.500. The molecule has 1 unspecified atom stereocenters. The predicted molar refractivity (Wildman–Crippen MR) is 224 cm³/mol. The molecule has 3 saturated heterocycles. The zero-order valence-electron chi connectivity index (χ0n) is 33.9. The average Bonchev–Trinajstić information content (AvgIpc) is 3.88. The minimum absolute atomic E-state index is 0.0186. The van der Waals surface area contributed by atoms with Crippen LogP contribution in [0.2, 0.25) is 0 Å². The van der Waals surface area contributed by atoms with Gasteiger partial charge in [-0.25, -0.2) is 9.97 Å². The molecule has 5 aliphatic rings. The lowest BCUT2D eigenvalue weighted by atomic mass is 9.92. The lowest BCUT2D eigenvalue weighted by molar-refractivity contribution is -0.136. The van der Waals surface area contributed by atoms with Crippen molar-refractivity contribution in [2.24, 2.45) is 5.92 Å². The van der Waals surface area contributed by atoms with Crippen molar-refractivity contribution >= 4 is 57.7 Å². The van der Waals surface area contributed by atoms with Crippen LogP contribution in [0.5, 0.6) is 0 Å². The van der Waals surface area contributed by atoms with E-state index >= 15 is 0 Å². The normalized spacial score (nSPS) is 20.7. The van der Waals surface area contributed by atoms with Gasteiger partial charge < -0.3 is 20.0 Å². The Bertz CT molecular complexity index is 2360. The first kappa shape index (κ1) is 38.8. The maximum atomic E-state index is 13.6. The number of fused-ring (bicyclic) bond motifs is 2. The molecular formula is C44H52N10O5. The van der Waals surface area contributed by atoms with Crippen molar-refractivity contribution in [1.29, 1.82) is 0 Å². The molecule has 1 aliphatic carbocycles. The third-order valence-corrected chi connectivity index (χ3v) is 13.3. The number of piperidine rings is 2. The molecule has 1 saturated carbocycles. The Morgan fingerprint density at radius 2 is 1.61 bits per heavy atom. The van der Waals surface area contributed by atoms with Crippen LogP contribution < -0.4 is 26.0 Å². The largest absolute Gasteiger partial charge is 0.372 e. The summed E-state index contributed by atoms with van der Waals surface area (Å²) in [4.78, 5) is 86.3. The Kier molecular flexibility index (Phi) is 10.6. The number of carbonyl (C=O) groups is 4. The van der Waals surface area contributed by atoms with Gasteiger partial charge in [-0.3, -0.25) is 38.8 Å². The van der Waals surface area contributed by atoms with E-state index in [1.54, 1.807) is 22.6 Å². The number of pyridine rings is 2. The fourth-order valence-electron chi connectivity index (χ4n) is 9.90. The number of amides is 3. The molecule has 15 heteroatoms. The molecule has 0 spiro atoms. The van der Waals surface area contributed by atoms with Crippen molar-refractivity contribution in [3.8, 4) is 0 Å². The second kappa shape index (κ2) is 16.2. The molecule has 4 aliphatic heterocycles. The van der Waals surface area contributed by atoms with Gasteiger partial charge in [0.2, 0.25) is 17.8 Å². The van der Waals surface area contributed by atoms with Crippen molar-refractivity contribution in [3.05, 3.63) is 75.3 Å². The highest BCUT2D eigenvalue weighted by Crippen LogP contribution is 2.34. The Balaban J connectivity index is 0.746. The summed E-state index contributed by atoms with van der Waals surface area (Å²) in [5.74, 6) is 0.632. The lowest BCUT2D eigenvalue weighted by Gasteiger charge is -2.38. The number of ketones is 1. The van der Waals surface area contributed by atoms with E-state index in [0.29, 0.717) is 47.4 Å². The second-order valence-electron chi connectivity index (χ2n) is 16.9. The third kappa shape index (κ3) is 7.68. The number of anilines is 4. The minimum Gasteiger partial charge on any atom is -0.372 e. The van der Waals surface area contributed by atoms with E-state index < -0.39 is 6.04 Å². The molecule has 7 heterocycles. The summed E-state index contributed by atoms with van der Waals surface area (Å²) in [5, 5.41) is 6.33. The number of nitrogens with zero attached hydrogens (tertiary/aromatic N) is 8. The number of Topliss-reactive ketones (excluding diaryl/α,β-unsaturated/α-hetero) is 1. The van der Waals surface area contributed by atoms with E-state index in [1.807, 2.05) is 24.4 Å². The van der Waals surface area contributed by atoms with Gasteiger partial charge >= 0.3 is 0 Å². The number of benzene rings is 1. The average molecular weight is 801 g/mol. The van der Waals surface area contributed by atoms with E-state index in [9.17, 15) is 24.0 Å². The number of carbonyl (C=O) groups excluding carboxylic acids is 4. The first-order valence-electron chi connectivity index (χ1n) is 21.3. The van der Waals surface area contributed by atoms with Crippen molar-refractivity contribution in [3.63, 3.8) is 0 Å². The van der Waals surface area contributed by atoms with E-state index in [-0.39, 0.29) is 47.1 Å². The second-order valence-corrected chi connectivity index (χ2v) is 16.9. The van der Waals surface area contributed by atoms with Crippen LogP contribution >= 0.6 is 0 Å². The summed E-state index contributed by atoms with van der Waals surface area (Å²) >= 11 is 0. The van der Waals surface area contributed by atoms with Gasteiger partial charge in [0.05, 0.1) is 17.4 Å². The van der Waals surface area contributed by atoms with Gasteiger partial charge in [0.25, 0.3) is 11.5 Å². The molecule has 3 aromatic heterocycles. The number of piperazine rings is 1. The third-order valence-electron chi connectivity index (χ3n) is 13.3. The van der Waals surface area contributed by atoms with E-state index in [4.69, 9.17) is 4.98 Å². The van der Waals surface area contributed by atoms with Gasteiger partial charge in [-0.1, -0.05) is 12.8 Å². The molecule has 4 aromatic rings. The number of imide groups is 1. The van der Waals surface area contributed by atoms with Crippen molar-refractivity contribution in [1.82, 2.24) is 34.6 Å². The molecule has 3 amide bonds. The van der Waals surface area contributed by atoms with Crippen LogP contribution in [-0.4, -0.2) is 105 Å². The molecule has 59 heavy (non-hydrogen) atoms. The molecule has 0 bridgehead atoms. The molecule has 4 fully saturated rings. The summed E-state index contributed by atoms with van der Waals surface area (Å²) < 4.78 is 1.72. The standard InChI is InChI=1S/C44H52N10O5/c1-27-35-25-46-44(49-40(35)54(31-5-3-4-6-31)43(59)39(27)28(2)55)47-37-11-8-33(24-45-37)52-21-19-50(20-22-52)16-13-29-14-17-51(18-15-29)32-7-9-34-30(23-32)26-53(42(34)58)36-10-12-38(56)48-41(36)57/h7-9,11,23-25,29,31,36H,3-6,10,12-22,26H2,1-2H3,(H,48,56,57)(H,45,46,47,49). The Morgan fingerprint density at radius 3 is 2.32 bits per heavy atom. The zero-order valence-corrected chi connectivity index (χ0v) is 33.9. The van der Waals surface area contributed by atoms with E-state index in [2.05, 4.69) is 47.4 Å². The molecule has 1 aromatic carbocycles. The van der Waals surface area contributed by atoms with Crippen LogP contribution in [0.15, 0.2) is 47.5 Å². The Labute approximate surface area is 343 Å². The quantitative estimate of drug-likeness (QED) is 0.167. The van der Waals surface area contributed by atoms with Crippen molar-refractivity contribution in [2.75, 3.05) is 60.9 Å². The lowest BCUT2D eigenvalue weighted by Crippen LogP contribution is -2.52. The first-order chi connectivity index (χ1) is 28.6. The Hall–Kier alpha value is -5.70. The molecule has 0 radical (unpaired) electrons. The number of nitrogens with one attached hydrogen (secondary N) is 2.